The third-order valence-corrected chi connectivity index (χ3v) is 5.20. The normalized spacial score (nSPS) is 26.7. The van der Waals surface area contributed by atoms with Gasteiger partial charge in [0.05, 0.1) is 6.10 Å². The van der Waals surface area contributed by atoms with E-state index in [1.807, 2.05) is 4.90 Å². The summed E-state index contributed by atoms with van der Waals surface area (Å²) in [6.07, 6.45) is 3.55. The lowest BCUT2D eigenvalue weighted by Crippen LogP contribution is -2.48. The molecule has 0 spiro atoms. The van der Waals surface area contributed by atoms with E-state index in [9.17, 15) is 14.3 Å². The third-order valence-electron chi connectivity index (χ3n) is 5.20. The number of aliphatic hydroxyl groups excluding tert-OH is 1. The van der Waals surface area contributed by atoms with Crippen LogP contribution in [0.4, 0.5) is 4.39 Å². The molecule has 3 atom stereocenters. The SMILES string of the molecule is CC(=O)N1CCCC1C1CCCN1CC(O)c1cccc(F)c1. The van der Waals surface area contributed by atoms with Gasteiger partial charge in [-0.15, -0.1) is 0 Å². The Morgan fingerprint density at radius 1 is 1.30 bits per heavy atom. The highest BCUT2D eigenvalue weighted by molar-refractivity contribution is 5.74. The van der Waals surface area contributed by atoms with Crippen molar-refractivity contribution in [3.63, 3.8) is 0 Å². The molecule has 3 rings (SSSR count). The van der Waals surface area contributed by atoms with Gasteiger partial charge in [0.15, 0.2) is 0 Å². The summed E-state index contributed by atoms with van der Waals surface area (Å²) < 4.78 is 13.3. The number of benzene rings is 1. The number of likely N-dealkylation sites (tertiary alicyclic amines) is 2. The second-order valence-electron chi connectivity index (χ2n) is 6.70. The number of hydrogen-bond donors (Lipinski definition) is 1. The van der Waals surface area contributed by atoms with E-state index in [-0.39, 0.29) is 17.8 Å². The molecule has 2 saturated heterocycles. The average Bonchev–Trinajstić information content (AvgIpc) is 3.15. The second kappa shape index (κ2) is 6.97. The van der Waals surface area contributed by atoms with Gasteiger partial charge >= 0.3 is 0 Å². The number of amides is 1. The molecule has 1 amide bonds. The van der Waals surface area contributed by atoms with Crippen molar-refractivity contribution in [1.29, 1.82) is 0 Å². The molecule has 1 aromatic carbocycles. The van der Waals surface area contributed by atoms with Crippen molar-refractivity contribution >= 4 is 5.91 Å². The van der Waals surface area contributed by atoms with Crippen LogP contribution in [-0.2, 0) is 4.79 Å². The number of carbonyl (C=O) groups is 1. The first-order chi connectivity index (χ1) is 11.1. The van der Waals surface area contributed by atoms with Crippen LogP contribution in [0.3, 0.4) is 0 Å². The van der Waals surface area contributed by atoms with Crippen molar-refractivity contribution in [3.8, 4) is 0 Å². The van der Waals surface area contributed by atoms with Gasteiger partial charge in [0.25, 0.3) is 0 Å². The molecular formula is C18H25FN2O2. The van der Waals surface area contributed by atoms with Gasteiger partial charge in [0, 0.05) is 32.1 Å². The molecule has 0 aromatic heterocycles. The largest absolute Gasteiger partial charge is 0.387 e. The maximum atomic E-state index is 13.3. The van der Waals surface area contributed by atoms with Crippen molar-refractivity contribution < 1.29 is 14.3 Å². The van der Waals surface area contributed by atoms with E-state index in [1.165, 1.54) is 12.1 Å². The molecule has 0 aliphatic carbocycles. The highest BCUT2D eigenvalue weighted by atomic mass is 19.1. The lowest BCUT2D eigenvalue weighted by Gasteiger charge is -2.35. The smallest absolute Gasteiger partial charge is 0.219 e. The van der Waals surface area contributed by atoms with Crippen LogP contribution in [0.25, 0.3) is 0 Å². The van der Waals surface area contributed by atoms with E-state index in [1.54, 1.807) is 19.1 Å². The van der Waals surface area contributed by atoms with Gasteiger partial charge < -0.3 is 10.0 Å². The first kappa shape index (κ1) is 16.4. The standard InChI is InChI=1S/C18H25FN2O2/c1-13(22)21-10-4-8-17(21)16-7-3-9-20(16)12-18(23)14-5-2-6-15(19)11-14/h2,5-6,11,16-18,23H,3-4,7-10,12H2,1H3. The number of carbonyl (C=O) groups excluding carboxylic acids is 1. The Hall–Kier alpha value is -1.46. The van der Waals surface area contributed by atoms with Gasteiger partial charge in [0.1, 0.15) is 5.82 Å². The van der Waals surface area contributed by atoms with Crippen molar-refractivity contribution in [2.45, 2.75) is 50.8 Å². The molecule has 126 valence electrons. The minimum absolute atomic E-state index is 0.144. The molecule has 1 N–H and O–H groups in total. The average molecular weight is 320 g/mol. The summed E-state index contributed by atoms with van der Waals surface area (Å²) in [6.45, 7) is 3.91. The van der Waals surface area contributed by atoms with Crippen molar-refractivity contribution in [2.75, 3.05) is 19.6 Å². The first-order valence-corrected chi connectivity index (χ1v) is 8.51. The highest BCUT2D eigenvalue weighted by Crippen LogP contribution is 2.31. The van der Waals surface area contributed by atoms with E-state index in [0.29, 0.717) is 18.2 Å². The highest BCUT2D eigenvalue weighted by Gasteiger charge is 2.39. The fourth-order valence-corrected chi connectivity index (χ4v) is 4.14. The number of nitrogens with zero attached hydrogens (tertiary/aromatic N) is 2. The molecule has 0 radical (unpaired) electrons. The van der Waals surface area contributed by atoms with Crippen LogP contribution in [0, 0.1) is 5.82 Å². The Bertz CT molecular complexity index is 566. The summed E-state index contributed by atoms with van der Waals surface area (Å²) in [4.78, 5) is 16.1. The van der Waals surface area contributed by atoms with Gasteiger partial charge in [-0.3, -0.25) is 9.69 Å². The molecule has 23 heavy (non-hydrogen) atoms. The summed E-state index contributed by atoms with van der Waals surface area (Å²) in [5, 5.41) is 10.5. The van der Waals surface area contributed by atoms with Crippen LogP contribution < -0.4 is 0 Å². The van der Waals surface area contributed by atoms with Gasteiger partial charge in [-0.1, -0.05) is 12.1 Å². The molecule has 4 nitrogen and oxygen atoms in total. The van der Waals surface area contributed by atoms with Crippen LogP contribution in [0.15, 0.2) is 24.3 Å². The Morgan fingerprint density at radius 3 is 2.78 bits per heavy atom. The number of β-amino-alcohol motifs (C(OH)–C–C–N with tert-alkyl or cyclic N) is 1. The zero-order valence-corrected chi connectivity index (χ0v) is 13.6. The Kier molecular flexibility index (Phi) is 4.97. The molecular weight excluding hydrogens is 295 g/mol. The molecule has 1 aromatic rings. The van der Waals surface area contributed by atoms with Crippen LogP contribution >= 0.6 is 0 Å². The summed E-state index contributed by atoms with van der Waals surface area (Å²) >= 11 is 0. The predicted molar refractivity (Wildman–Crippen MR) is 86.4 cm³/mol. The van der Waals surface area contributed by atoms with Crippen LogP contribution in [0.5, 0.6) is 0 Å². The molecule has 3 unspecified atom stereocenters. The molecule has 0 saturated carbocycles. The Morgan fingerprint density at radius 2 is 2.04 bits per heavy atom. The van der Waals surface area contributed by atoms with Crippen molar-refractivity contribution in [3.05, 3.63) is 35.6 Å². The van der Waals surface area contributed by atoms with E-state index in [2.05, 4.69) is 4.90 Å². The summed E-state index contributed by atoms with van der Waals surface area (Å²) in [5.41, 5.74) is 0.616. The first-order valence-electron chi connectivity index (χ1n) is 8.51. The Labute approximate surface area is 136 Å². The van der Waals surface area contributed by atoms with Crippen molar-refractivity contribution in [1.82, 2.24) is 9.80 Å². The lowest BCUT2D eigenvalue weighted by atomic mass is 10.0. The molecule has 2 heterocycles. The summed E-state index contributed by atoms with van der Waals surface area (Å²) in [6, 6.07) is 6.74. The minimum Gasteiger partial charge on any atom is -0.387 e. The summed E-state index contributed by atoms with van der Waals surface area (Å²) in [5.74, 6) is -0.178. The molecule has 5 heteroatoms. The number of halogens is 1. The zero-order valence-electron chi connectivity index (χ0n) is 13.6. The van der Waals surface area contributed by atoms with Crippen LogP contribution in [0.1, 0.15) is 44.3 Å². The monoisotopic (exact) mass is 320 g/mol. The third kappa shape index (κ3) is 3.56. The van der Waals surface area contributed by atoms with Crippen molar-refractivity contribution in [2.24, 2.45) is 0 Å². The molecule has 2 fully saturated rings. The maximum Gasteiger partial charge on any atom is 0.219 e. The number of hydrogen-bond acceptors (Lipinski definition) is 3. The van der Waals surface area contributed by atoms with E-state index < -0.39 is 6.10 Å². The van der Waals surface area contributed by atoms with Crippen LogP contribution in [-0.4, -0.2) is 52.5 Å². The topological polar surface area (TPSA) is 43.8 Å². The van der Waals surface area contributed by atoms with E-state index >= 15 is 0 Å². The van der Waals surface area contributed by atoms with E-state index in [0.717, 1.165) is 38.8 Å². The fraction of sp³-hybridized carbons (Fsp3) is 0.611. The van der Waals surface area contributed by atoms with Gasteiger partial charge in [-0.25, -0.2) is 4.39 Å². The zero-order chi connectivity index (χ0) is 16.4. The van der Waals surface area contributed by atoms with E-state index in [4.69, 9.17) is 0 Å². The predicted octanol–water partition coefficient (Wildman–Crippen LogP) is 2.33. The number of aliphatic hydroxyl groups is 1. The maximum absolute atomic E-state index is 13.3. The van der Waals surface area contributed by atoms with Gasteiger partial charge in [0.2, 0.25) is 5.91 Å². The fourth-order valence-electron chi connectivity index (χ4n) is 4.14. The van der Waals surface area contributed by atoms with Gasteiger partial charge in [-0.2, -0.15) is 0 Å². The lowest BCUT2D eigenvalue weighted by molar-refractivity contribution is -0.130. The minimum atomic E-state index is -0.696. The number of rotatable bonds is 4. The quantitative estimate of drug-likeness (QED) is 0.926. The molecule has 0 bridgehead atoms. The van der Waals surface area contributed by atoms with Crippen LogP contribution in [0.2, 0.25) is 0 Å². The van der Waals surface area contributed by atoms with Gasteiger partial charge in [-0.05, 0) is 49.9 Å². The molecule has 2 aliphatic heterocycles. The second-order valence-corrected chi connectivity index (χ2v) is 6.70. The summed E-state index contributed by atoms with van der Waals surface area (Å²) in [7, 11) is 0. The Balaban J connectivity index is 1.68. The molecule has 2 aliphatic rings.